The van der Waals surface area contributed by atoms with Crippen molar-refractivity contribution in [3.63, 3.8) is 0 Å². The molecule has 0 aromatic heterocycles. The molecule has 0 aliphatic rings. The molecule has 1 amide bonds. The van der Waals surface area contributed by atoms with Gasteiger partial charge in [-0.15, -0.1) is 0 Å². The Morgan fingerprint density at radius 2 is 1.38 bits per heavy atom. The van der Waals surface area contributed by atoms with Crippen molar-refractivity contribution in [2.45, 2.75) is 91.2 Å². The Hall–Kier alpha value is -3.71. The Balaban J connectivity index is 2.44. The Morgan fingerprint density at radius 1 is 0.833 bits per heavy atom. The number of para-hydroxylation sites is 1. The van der Waals surface area contributed by atoms with Crippen LogP contribution in [-0.2, 0) is 14.3 Å². The molecule has 7 nitrogen and oxygen atoms in total. The zero-order valence-electron chi connectivity index (χ0n) is 25.7. The van der Waals surface area contributed by atoms with Gasteiger partial charge in [0.1, 0.15) is 23.5 Å². The lowest BCUT2D eigenvalue weighted by Crippen LogP contribution is -2.48. The highest BCUT2D eigenvalue weighted by Gasteiger charge is 2.28. The lowest BCUT2D eigenvalue weighted by atomic mass is 10.0. The highest BCUT2D eigenvalue weighted by Crippen LogP contribution is 2.19. The van der Waals surface area contributed by atoms with Crippen LogP contribution in [0.2, 0.25) is 0 Å². The van der Waals surface area contributed by atoms with Gasteiger partial charge in [0.15, 0.2) is 0 Å². The Bertz CT molecular complexity index is 1080. The normalized spacial score (nSPS) is 13.6. The number of aromatic carboxylic acids is 1. The van der Waals surface area contributed by atoms with Gasteiger partial charge in [-0.05, 0) is 69.4 Å². The number of allylic oxidation sites excluding steroid dienone is 9. The van der Waals surface area contributed by atoms with Crippen LogP contribution in [0.15, 0.2) is 85.0 Å². The lowest BCUT2D eigenvalue weighted by molar-refractivity contribution is -0.143. The minimum atomic E-state index is -1.20. The van der Waals surface area contributed by atoms with E-state index >= 15 is 0 Å². The molecule has 7 heteroatoms. The number of nitrogens with one attached hydrogen (secondary N) is 1. The number of rotatable bonds is 21. The first kappa shape index (κ1) is 36.3. The van der Waals surface area contributed by atoms with Crippen molar-refractivity contribution >= 4 is 17.8 Å². The molecule has 2 N–H and O–H groups in total. The minimum Gasteiger partial charge on any atom is -0.478 e. The summed E-state index contributed by atoms with van der Waals surface area (Å²) in [4.78, 5) is 37.3. The maximum Gasteiger partial charge on any atom is 0.339 e. The van der Waals surface area contributed by atoms with Crippen LogP contribution in [0.1, 0.15) is 89.4 Å². The van der Waals surface area contributed by atoms with Crippen LogP contribution >= 0.6 is 0 Å². The topological polar surface area (TPSA) is 102 Å². The minimum absolute atomic E-state index is 0.0571. The average Bonchev–Trinajstić information content (AvgIpc) is 2.96. The fourth-order valence-corrected chi connectivity index (χ4v) is 3.89. The molecule has 1 aromatic carbocycles. The molecule has 2 unspecified atom stereocenters. The van der Waals surface area contributed by atoms with Gasteiger partial charge in [-0.3, -0.25) is 4.79 Å². The van der Waals surface area contributed by atoms with Crippen LogP contribution in [-0.4, -0.2) is 41.7 Å². The molecular weight excluding hydrogens is 530 g/mol. The summed E-state index contributed by atoms with van der Waals surface area (Å²) in [7, 11) is 0. The van der Waals surface area contributed by atoms with E-state index in [0.717, 1.165) is 32.1 Å². The number of hydrogen-bond donors (Lipinski definition) is 2. The van der Waals surface area contributed by atoms with E-state index in [1.165, 1.54) is 12.1 Å². The van der Waals surface area contributed by atoms with Crippen molar-refractivity contribution in [1.82, 2.24) is 5.32 Å². The predicted octanol–water partition coefficient (Wildman–Crippen LogP) is 7.76. The first-order chi connectivity index (χ1) is 20.3. The maximum atomic E-state index is 12.9. The van der Waals surface area contributed by atoms with Gasteiger partial charge in [0.25, 0.3) is 0 Å². The molecule has 0 saturated carbocycles. The van der Waals surface area contributed by atoms with Crippen LogP contribution < -0.4 is 10.1 Å². The summed E-state index contributed by atoms with van der Waals surface area (Å²) in [5.41, 5.74) is -0.120. The second-order valence-electron chi connectivity index (χ2n) is 10.2. The SMILES string of the molecule is CC/C=C\C/C=C\C/C=C\C/C=C\C/C=C\CCOC(CC)C(=O)NC(CC(C)C)C(=O)Oc1ccccc1C(=O)O. The Morgan fingerprint density at radius 3 is 1.90 bits per heavy atom. The van der Waals surface area contributed by atoms with Crippen molar-refractivity contribution in [3.05, 3.63) is 90.6 Å². The summed E-state index contributed by atoms with van der Waals surface area (Å²) < 4.78 is 11.2. The number of hydrogen-bond acceptors (Lipinski definition) is 5. The van der Waals surface area contributed by atoms with Gasteiger partial charge >= 0.3 is 11.9 Å². The summed E-state index contributed by atoms with van der Waals surface area (Å²) in [6.45, 7) is 8.21. The van der Waals surface area contributed by atoms with Crippen LogP contribution in [0, 0.1) is 5.92 Å². The van der Waals surface area contributed by atoms with Gasteiger partial charge in [-0.2, -0.15) is 0 Å². The summed E-state index contributed by atoms with van der Waals surface area (Å²) in [6, 6.07) is 4.99. The molecule has 1 rings (SSSR count). The molecule has 0 fully saturated rings. The lowest BCUT2D eigenvalue weighted by Gasteiger charge is -2.22. The van der Waals surface area contributed by atoms with Crippen LogP contribution in [0.4, 0.5) is 0 Å². The smallest absolute Gasteiger partial charge is 0.339 e. The number of carboxylic acid groups (broad SMARTS) is 1. The van der Waals surface area contributed by atoms with Crippen molar-refractivity contribution in [2.75, 3.05) is 6.61 Å². The first-order valence-corrected chi connectivity index (χ1v) is 15.0. The van der Waals surface area contributed by atoms with E-state index in [-0.39, 0.29) is 17.2 Å². The van der Waals surface area contributed by atoms with E-state index in [1.54, 1.807) is 12.1 Å². The zero-order valence-corrected chi connectivity index (χ0v) is 25.7. The number of carbonyl (C=O) groups is 3. The van der Waals surface area contributed by atoms with Crippen LogP contribution in [0.3, 0.4) is 0 Å². The number of benzene rings is 1. The molecule has 0 radical (unpaired) electrons. The molecular formula is C35H49NO6. The summed E-state index contributed by atoms with van der Waals surface area (Å²) >= 11 is 0. The predicted molar refractivity (Wildman–Crippen MR) is 170 cm³/mol. The largest absolute Gasteiger partial charge is 0.478 e. The number of carboxylic acids is 1. The van der Waals surface area contributed by atoms with E-state index in [4.69, 9.17) is 9.47 Å². The number of ether oxygens (including phenoxy) is 2. The van der Waals surface area contributed by atoms with Gasteiger partial charge < -0.3 is 19.9 Å². The molecule has 1 aromatic rings. The summed E-state index contributed by atoms with van der Waals surface area (Å²) in [6.07, 6.45) is 26.9. The number of carbonyl (C=O) groups excluding carboxylic acids is 2. The highest BCUT2D eigenvalue weighted by atomic mass is 16.5. The standard InChI is InChI=1S/C35H49NO6/c1-5-7-8-9-10-11-12-13-14-15-16-17-18-19-20-23-26-41-31(6-2)33(37)36-30(27-28(3)4)35(40)42-32-25-22-21-24-29(32)34(38)39/h7-8,10-11,13-14,16-17,19-22,24-25,28,30-31H,5-6,9,12,15,18,23,26-27H2,1-4H3,(H,36,37)(H,38,39)/b8-7-,11-10-,14-13-,17-16-,20-19-. The molecule has 0 saturated heterocycles. The van der Waals surface area contributed by atoms with E-state index in [9.17, 15) is 19.5 Å². The van der Waals surface area contributed by atoms with Gasteiger partial charge in [-0.25, -0.2) is 9.59 Å². The summed E-state index contributed by atoms with van der Waals surface area (Å²) in [5, 5.41) is 12.1. The molecule has 230 valence electrons. The van der Waals surface area contributed by atoms with Gasteiger partial charge in [-0.1, -0.05) is 101 Å². The monoisotopic (exact) mass is 579 g/mol. The van der Waals surface area contributed by atoms with E-state index in [0.29, 0.717) is 25.9 Å². The molecule has 0 heterocycles. The quantitative estimate of drug-likeness (QED) is 0.0668. The fourth-order valence-electron chi connectivity index (χ4n) is 3.89. The third kappa shape index (κ3) is 16.5. The number of esters is 1. The molecule has 0 bridgehead atoms. The Labute approximate surface area is 252 Å². The molecule has 42 heavy (non-hydrogen) atoms. The Kier molecular flexibility index (Phi) is 19.8. The van der Waals surface area contributed by atoms with Crippen molar-refractivity contribution in [3.8, 4) is 5.75 Å². The van der Waals surface area contributed by atoms with Gasteiger partial charge in [0.05, 0.1) is 6.61 Å². The molecule has 0 spiro atoms. The van der Waals surface area contributed by atoms with Gasteiger partial charge in [0.2, 0.25) is 5.91 Å². The second kappa shape index (κ2) is 22.9. The molecule has 2 atom stereocenters. The van der Waals surface area contributed by atoms with E-state index in [1.807, 2.05) is 26.8 Å². The van der Waals surface area contributed by atoms with Crippen LogP contribution in [0.25, 0.3) is 0 Å². The van der Waals surface area contributed by atoms with Crippen molar-refractivity contribution in [1.29, 1.82) is 0 Å². The van der Waals surface area contributed by atoms with Crippen molar-refractivity contribution < 1.29 is 29.0 Å². The average molecular weight is 580 g/mol. The summed E-state index contributed by atoms with van der Waals surface area (Å²) in [5.74, 6) is -2.27. The molecule has 0 aliphatic carbocycles. The van der Waals surface area contributed by atoms with Gasteiger partial charge in [0, 0.05) is 0 Å². The van der Waals surface area contributed by atoms with E-state index < -0.39 is 30.0 Å². The number of amides is 1. The fraction of sp³-hybridized carbons (Fsp3) is 0.457. The third-order valence-corrected chi connectivity index (χ3v) is 6.06. The van der Waals surface area contributed by atoms with E-state index in [2.05, 4.69) is 66.9 Å². The van der Waals surface area contributed by atoms with Crippen LogP contribution in [0.5, 0.6) is 5.75 Å². The third-order valence-electron chi connectivity index (χ3n) is 6.06. The second-order valence-corrected chi connectivity index (χ2v) is 10.2. The zero-order chi connectivity index (χ0) is 31.0. The molecule has 0 aliphatic heterocycles. The maximum absolute atomic E-state index is 12.9. The van der Waals surface area contributed by atoms with Crippen molar-refractivity contribution in [2.24, 2.45) is 5.92 Å². The first-order valence-electron chi connectivity index (χ1n) is 15.0. The highest BCUT2D eigenvalue weighted by molar-refractivity contribution is 5.93.